The zero-order valence-electron chi connectivity index (χ0n) is 11.5. The van der Waals surface area contributed by atoms with E-state index in [-0.39, 0.29) is 5.91 Å². The number of aryl methyl sites for hydroxylation is 1. The van der Waals surface area contributed by atoms with Gasteiger partial charge in [0.05, 0.1) is 0 Å². The molecule has 100 valence electrons. The standard InChI is InChI=1S/C13H22N4O/c1-5-11-6-10(7-12(15-11)16-14)13(18)17(4)8-9(2)3/h6-7,9H,5,8,14H2,1-4H3,(H,15,16). The van der Waals surface area contributed by atoms with Crippen molar-refractivity contribution < 1.29 is 4.79 Å². The average molecular weight is 250 g/mol. The quantitative estimate of drug-likeness (QED) is 0.616. The topological polar surface area (TPSA) is 71.2 Å². The van der Waals surface area contributed by atoms with Gasteiger partial charge in [0, 0.05) is 24.8 Å². The summed E-state index contributed by atoms with van der Waals surface area (Å²) >= 11 is 0. The first-order chi connectivity index (χ1) is 8.47. The first-order valence-electron chi connectivity index (χ1n) is 6.21. The van der Waals surface area contributed by atoms with Crippen molar-refractivity contribution in [3.63, 3.8) is 0 Å². The summed E-state index contributed by atoms with van der Waals surface area (Å²) in [5.41, 5.74) is 3.97. The normalized spacial score (nSPS) is 10.6. The molecule has 0 aliphatic carbocycles. The van der Waals surface area contributed by atoms with Gasteiger partial charge in [-0.05, 0) is 24.5 Å². The van der Waals surface area contributed by atoms with E-state index in [2.05, 4.69) is 24.3 Å². The van der Waals surface area contributed by atoms with Crippen molar-refractivity contribution in [2.24, 2.45) is 11.8 Å². The molecule has 0 aliphatic rings. The minimum atomic E-state index is -0.00250. The number of pyridine rings is 1. The van der Waals surface area contributed by atoms with E-state index in [1.807, 2.05) is 20.0 Å². The summed E-state index contributed by atoms with van der Waals surface area (Å²) in [7, 11) is 1.81. The molecular formula is C13H22N4O. The van der Waals surface area contributed by atoms with Crippen LogP contribution in [0.3, 0.4) is 0 Å². The summed E-state index contributed by atoms with van der Waals surface area (Å²) in [6, 6.07) is 3.50. The smallest absolute Gasteiger partial charge is 0.253 e. The number of carbonyl (C=O) groups is 1. The van der Waals surface area contributed by atoms with Crippen molar-refractivity contribution in [2.45, 2.75) is 27.2 Å². The fraction of sp³-hybridized carbons (Fsp3) is 0.538. The number of nitrogens with one attached hydrogen (secondary N) is 1. The number of hydrogen-bond donors (Lipinski definition) is 2. The van der Waals surface area contributed by atoms with Gasteiger partial charge in [0.25, 0.3) is 5.91 Å². The molecule has 0 saturated heterocycles. The van der Waals surface area contributed by atoms with Crippen LogP contribution in [-0.4, -0.2) is 29.4 Å². The lowest BCUT2D eigenvalue weighted by Gasteiger charge is -2.20. The molecule has 0 aliphatic heterocycles. The van der Waals surface area contributed by atoms with E-state index in [0.29, 0.717) is 17.3 Å². The molecule has 0 saturated carbocycles. The Morgan fingerprint density at radius 3 is 2.67 bits per heavy atom. The highest BCUT2D eigenvalue weighted by Gasteiger charge is 2.14. The fourth-order valence-corrected chi connectivity index (χ4v) is 1.82. The fourth-order valence-electron chi connectivity index (χ4n) is 1.82. The SMILES string of the molecule is CCc1cc(C(=O)N(C)CC(C)C)cc(NN)n1. The van der Waals surface area contributed by atoms with Crippen LogP contribution in [0.4, 0.5) is 5.82 Å². The van der Waals surface area contributed by atoms with Gasteiger partial charge < -0.3 is 10.3 Å². The molecule has 5 heteroatoms. The monoisotopic (exact) mass is 250 g/mol. The van der Waals surface area contributed by atoms with Crippen molar-refractivity contribution in [3.05, 3.63) is 23.4 Å². The summed E-state index contributed by atoms with van der Waals surface area (Å²) in [6.45, 7) is 6.89. The largest absolute Gasteiger partial charge is 0.341 e. The van der Waals surface area contributed by atoms with E-state index in [0.717, 1.165) is 18.7 Å². The van der Waals surface area contributed by atoms with E-state index in [4.69, 9.17) is 5.84 Å². The molecule has 0 bridgehead atoms. The van der Waals surface area contributed by atoms with Crippen LogP contribution in [-0.2, 0) is 6.42 Å². The van der Waals surface area contributed by atoms with Crippen LogP contribution in [0.25, 0.3) is 0 Å². The Labute approximate surface area is 108 Å². The van der Waals surface area contributed by atoms with Gasteiger partial charge in [-0.1, -0.05) is 20.8 Å². The van der Waals surface area contributed by atoms with E-state index < -0.39 is 0 Å². The lowest BCUT2D eigenvalue weighted by molar-refractivity contribution is 0.0779. The third-order valence-corrected chi connectivity index (χ3v) is 2.62. The van der Waals surface area contributed by atoms with Crippen molar-refractivity contribution in [3.8, 4) is 0 Å². The molecule has 1 aromatic heterocycles. The second-order valence-electron chi connectivity index (χ2n) is 4.81. The van der Waals surface area contributed by atoms with Gasteiger partial charge >= 0.3 is 0 Å². The van der Waals surface area contributed by atoms with Crippen LogP contribution < -0.4 is 11.3 Å². The summed E-state index contributed by atoms with van der Waals surface area (Å²) in [4.78, 5) is 18.2. The van der Waals surface area contributed by atoms with Crippen LogP contribution in [0, 0.1) is 5.92 Å². The zero-order chi connectivity index (χ0) is 13.7. The number of hydrogen-bond acceptors (Lipinski definition) is 4. The third kappa shape index (κ3) is 3.70. The Morgan fingerprint density at radius 2 is 2.17 bits per heavy atom. The van der Waals surface area contributed by atoms with Crippen LogP contribution >= 0.6 is 0 Å². The molecular weight excluding hydrogens is 228 g/mol. The van der Waals surface area contributed by atoms with Gasteiger partial charge in [0.15, 0.2) is 0 Å². The van der Waals surface area contributed by atoms with E-state index in [9.17, 15) is 4.79 Å². The molecule has 5 nitrogen and oxygen atoms in total. The Kier molecular flexibility index (Phi) is 5.09. The Morgan fingerprint density at radius 1 is 1.50 bits per heavy atom. The average Bonchev–Trinajstić information content (AvgIpc) is 2.36. The van der Waals surface area contributed by atoms with E-state index >= 15 is 0 Å². The molecule has 1 rings (SSSR count). The van der Waals surface area contributed by atoms with Crippen molar-refractivity contribution in [2.75, 3.05) is 19.0 Å². The maximum atomic E-state index is 12.2. The third-order valence-electron chi connectivity index (χ3n) is 2.62. The number of nitrogen functional groups attached to an aromatic ring is 1. The number of nitrogens with zero attached hydrogens (tertiary/aromatic N) is 2. The van der Waals surface area contributed by atoms with Gasteiger partial charge in [-0.25, -0.2) is 10.8 Å². The van der Waals surface area contributed by atoms with Crippen molar-refractivity contribution in [1.82, 2.24) is 9.88 Å². The summed E-state index contributed by atoms with van der Waals surface area (Å²) in [5.74, 6) is 6.33. The highest BCUT2D eigenvalue weighted by Crippen LogP contribution is 2.13. The summed E-state index contributed by atoms with van der Waals surface area (Å²) < 4.78 is 0. The van der Waals surface area contributed by atoms with E-state index in [1.165, 1.54) is 0 Å². The van der Waals surface area contributed by atoms with Gasteiger partial charge in [-0.15, -0.1) is 0 Å². The molecule has 0 aromatic carbocycles. The number of hydrazine groups is 1. The van der Waals surface area contributed by atoms with E-state index in [1.54, 1.807) is 11.0 Å². The molecule has 1 aromatic rings. The number of rotatable bonds is 5. The number of carbonyl (C=O) groups excluding carboxylic acids is 1. The Hall–Kier alpha value is -1.62. The van der Waals surface area contributed by atoms with Crippen molar-refractivity contribution in [1.29, 1.82) is 0 Å². The first kappa shape index (κ1) is 14.4. The number of aromatic nitrogens is 1. The second kappa shape index (κ2) is 6.35. The minimum Gasteiger partial charge on any atom is -0.341 e. The molecule has 0 radical (unpaired) electrons. The molecule has 0 spiro atoms. The molecule has 0 fully saturated rings. The van der Waals surface area contributed by atoms with Gasteiger partial charge in [-0.3, -0.25) is 4.79 Å². The van der Waals surface area contributed by atoms with Gasteiger partial charge in [-0.2, -0.15) is 0 Å². The Balaban J connectivity index is 2.97. The van der Waals surface area contributed by atoms with Gasteiger partial charge in [0.2, 0.25) is 0 Å². The maximum Gasteiger partial charge on any atom is 0.253 e. The first-order valence-corrected chi connectivity index (χ1v) is 6.21. The zero-order valence-corrected chi connectivity index (χ0v) is 11.5. The lowest BCUT2D eigenvalue weighted by Crippen LogP contribution is -2.30. The number of nitrogens with two attached hydrogens (primary N) is 1. The number of amides is 1. The molecule has 1 heterocycles. The molecule has 0 atom stereocenters. The van der Waals surface area contributed by atoms with Crippen LogP contribution in [0.5, 0.6) is 0 Å². The Bertz CT molecular complexity index is 395. The predicted octanol–water partition coefficient (Wildman–Crippen LogP) is 1.66. The van der Waals surface area contributed by atoms with Crippen LogP contribution in [0.15, 0.2) is 12.1 Å². The van der Waals surface area contributed by atoms with Gasteiger partial charge in [0.1, 0.15) is 5.82 Å². The summed E-state index contributed by atoms with van der Waals surface area (Å²) in [5, 5.41) is 0. The predicted molar refractivity (Wildman–Crippen MR) is 73.2 cm³/mol. The molecule has 0 unspecified atom stereocenters. The number of anilines is 1. The maximum absolute atomic E-state index is 12.2. The highest BCUT2D eigenvalue weighted by atomic mass is 16.2. The molecule has 18 heavy (non-hydrogen) atoms. The van der Waals surface area contributed by atoms with Crippen molar-refractivity contribution >= 4 is 11.7 Å². The summed E-state index contributed by atoms with van der Waals surface area (Å²) in [6.07, 6.45) is 0.768. The van der Waals surface area contributed by atoms with Crippen LogP contribution in [0.1, 0.15) is 36.8 Å². The highest BCUT2D eigenvalue weighted by molar-refractivity contribution is 5.94. The van der Waals surface area contributed by atoms with Crippen LogP contribution in [0.2, 0.25) is 0 Å². The molecule has 3 N–H and O–H groups in total. The second-order valence-corrected chi connectivity index (χ2v) is 4.81. The minimum absolute atomic E-state index is 0.00250. The lowest BCUT2D eigenvalue weighted by atomic mass is 10.1. The molecule has 1 amide bonds.